The lowest BCUT2D eigenvalue weighted by Gasteiger charge is -2.12. The highest BCUT2D eigenvalue weighted by Gasteiger charge is 2.06. The lowest BCUT2D eigenvalue weighted by atomic mass is 10.3. The molecule has 0 saturated carbocycles. The minimum atomic E-state index is 0.771. The van der Waals surface area contributed by atoms with Crippen molar-refractivity contribution in [2.45, 2.75) is 6.54 Å². The Morgan fingerprint density at radius 2 is 1.71 bits per heavy atom. The minimum absolute atomic E-state index is 0.771. The summed E-state index contributed by atoms with van der Waals surface area (Å²) in [6.07, 6.45) is 0. The molecule has 0 amide bonds. The number of hydrogen-bond acceptors (Lipinski definition) is 3. The molecule has 1 heterocycles. The Bertz CT molecular complexity index is 712. The maximum Gasteiger partial charge on any atom is 0.150 e. The maximum atomic E-state index is 5.94. The van der Waals surface area contributed by atoms with Gasteiger partial charge in [0.2, 0.25) is 0 Å². The monoisotopic (exact) mass is 359 g/mol. The summed E-state index contributed by atoms with van der Waals surface area (Å²) in [6, 6.07) is 19.9. The van der Waals surface area contributed by atoms with Gasteiger partial charge in [-0.25, -0.2) is 0 Å². The summed E-state index contributed by atoms with van der Waals surface area (Å²) in [6.45, 7) is 0.771. The van der Waals surface area contributed by atoms with Gasteiger partial charge in [-0.15, -0.1) is 11.3 Å². The summed E-state index contributed by atoms with van der Waals surface area (Å²) in [5.41, 5.74) is 0.988. The van der Waals surface area contributed by atoms with Crippen LogP contribution in [0, 0.1) is 0 Å². The topological polar surface area (TPSA) is 21.3 Å². The molecule has 3 aromatic rings. The van der Waals surface area contributed by atoms with Gasteiger partial charge in [-0.05, 0) is 51.6 Å². The van der Waals surface area contributed by atoms with Gasteiger partial charge < -0.3 is 10.1 Å². The molecule has 0 aliphatic carbocycles. The first-order valence-corrected chi connectivity index (χ1v) is 8.28. The molecule has 0 saturated heterocycles. The van der Waals surface area contributed by atoms with Gasteiger partial charge >= 0.3 is 0 Å². The van der Waals surface area contributed by atoms with E-state index in [1.54, 1.807) is 11.3 Å². The van der Waals surface area contributed by atoms with E-state index >= 15 is 0 Å². The molecule has 106 valence electrons. The van der Waals surface area contributed by atoms with E-state index in [2.05, 4.69) is 32.7 Å². The zero-order valence-electron chi connectivity index (χ0n) is 11.3. The SMILES string of the molecule is Brc1ccsc1CNc1ccccc1Oc1ccccc1. The van der Waals surface area contributed by atoms with Gasteiger partial charge in [-0.3, -0.25) is 0 Å². The van der Waals surface area contributed by atoms with E-state index in [0.717, 1.165) is 28.2 Å². The molecular weight excluding hydrogens is 346 g/mol. The van der Waals surface area contributed by atoms with Gasteiger partial charge in [-0.2, -0.15) is 0 Å². The number of para-hydroxylation sites is 3. The molecule has 0 aliphatic heterocycles. The molecule has 0 radical (unpaired) electrons. The van der Waals surface area contributed by atoms with Crippen LogP contribution in [0.5, 0.6) is 11.5 Å². The van der Waals surface area contributed by atoms with Crippen LogP contribution in [-0.2, 0) is 6.54 Å². The average Bonchev–Trinajstić information content (AvgIpc) is 2.93. The molecule has 0 spiro atoms. The van der Waals surface area contributed by atoms with Crippen LogP contribution in [0.3, 0.4) is 0 Å². The summed E-state index contributed by atoms with van der Waals surface area (Å²) in [7, 11) is 0. The quantitative estimate of drug-likeness (QED) is 0.610. The molecule has 4 heteroatoms. The standard InChI is InChI=1S/C17H14BrNOS/c18-14-10-11-21-17(14)12-19-15-8-4-5-9-16(15)20-13-6-2-1-3-7-13/h1-11,19H,12H2. The van der Waals surface area contributed by atoms with Crippen molar-refractivity contribution in [3.05, 3.63) is 75.4 Å². The van der Waals surface area contributed by atoms with E-state index in [9.17, 15) is 0 Å². The highest BCUT2D eigenvalue weighted by molar-refractivity contribution is 9.10. The smallest absolute Gasteiger partial charge is 0.150 e. The zero-order chi connectivity index (χ0) is 14.5. The molecule has 1 aromatic heterocycles. The normalized spacial score (nSPS) is 10.3. The number of anilines is 1. The van der Waals surface area contributed by atoms with E-state index in [-0.39, 0.29) is 0 Å². The fourth-order valence-electron chi connectivity index (χ4n) is 1.94. The first-order chi connectivity index (χ1) is 10.3. The van der Waals surface area contributed by atoms with Crippen LogP contribution in [0.25, 0.3) is 0 Å². The highest BCUT2D eigenvalue weighted by Crippen LogP contribution is 2.30. The molecular formula is C17H14BrNOS. The highest BCUT2D eigenvalue weighted by atomic mass is 79.9. The van der Waals surface area contributed by atoms with Gasteiger partial charge in [0.25, 0.3) is 0 Å². The van der Waals surface area contributed by atoms with Crippen molar-refractivity contribution >= 4 is 33.0 Å². The van der Waals surface area contributed by atoms with Crippen molar-refractivity contribution in [3.63, 3.8) is 0 Å². The van der Waals surface area contributed by atoms with Gasteiger partial charge in [0.05, 0.1) is 12.2 Å². The van der Waals surface area contributed by atoms with Crippen molar-refractivity contribution in [3.8, 4) is 11.5 Å². The molecule has 0 fully saturated rings. The Kier molecular flexibility index (Phi) is 4.58. The first-order valence-electron chi connectivity index (χ1n) is 6.60. The minimum Gasteiger partial charge on any atom is -0.455 e. The largest absolute Gasteiger partial charge is 0.455 e. The fourth-order valence-corrected chi connectivity index (χ4v) is 3.38. The zero-order valence-corrected chi connectivity index (χ0v) is 13.7. The number of thiophene rings is 1. The van der Waals surface area contributed by atoms with Gasteiger partial charge in [0.15, 0.2) is 5.75 Å². The van der Waals surface area contributed by atoms with Crippen LogP contribution >= 0.6 is 27.3 Å². The fraction of sp³-hybridized carbons (Fsp3) is 0.0588. The molecule has 2 aromatic carbocycles. The lowest BCUT2D eigenvalue weighted by Crippen LogP contribution is -2.00. The van der Waals surface area contributed by atoms with E-state index in [1.165, 1.54) is 4.88 Å². The number of ether oxygens (including phenoxy) is 1. The van der Waals surface area contributed by atoms with Crippen LogP contribution in [0.1, 0.15) is 4.88 Å². The summed E-state index contributed by atoms with van der Waals surface area (Å²) < 4.78 is 7.08. The van der Waals surface area contributed by atoms with Crippen molar-refractivity contribution in [1.29, 1.82) is 0 Å². The molecule has 1 N–H and O–H groups in total. The third-order valence-corrected chi connectivity index (χ3v) is 4.91. The third-order valence-electron chi connectivity index (χ3n) is 2.99. The molecule has 0 bridgehead atoms. The van der Waals surface area contributed by atoms with Crippen molar-refractivity contribution in [2.75, 3.05) is 5.32 Å². The summed E-state index contributed by atoms with van der Waals surface area (Å²) >= 11 is 5.28. The first kappa shape index (κ1) is 14.2. The van der Waals surface area contributed by atoms with Crippen LogP contribution < -0.4 is 10.1 Å². The molecule has 3 rings (SSSR count). The second kappa shape index (κ2) is 6.78. The maximum absolute atomic E-state index is 5.94. The van der Waals surface area contributed by atoms with Gasteiger partial charge in [-0.1, -0.05) is 30.3 Å². The number of benzene rings is 2. The summed E-state index contributed by atoms with van der Waals surface area (Å²) in [5, 5.41) is 5.51. The Labute approximate surface area is 136 Å². The molecule has 21 heavy (non-hydrogen) atoms. The van der Waals surface area contributed by atoms with E-state index in [4.69, 9.17) is 4.74 Å². The molecule has 2 nitrogen and oxygen atoms in total. The Balaban J connectivity index is 1.75. The number of rotatable bonds is 5. The second-order valence-corrected chi connectivity index (χ2v) is 6.31. The van der Waals surface area contributed by atoms with Gasteiger partial charge in [0.1, 0.15) is 5.75 Å². The third kappa shape index (κ3) is 3.65. The molecule has 0 aliphatic rings. The lowest BCUT2D eigenvalue weighted by molar-refractivity contribution is 0.484. The molecule has 0 unspecified atom stereocenters. The Hall–Kier alpha value is -1.78. The van der Waals surface area contributed by atoms with Crippen LogP contribution in [-0.4, -0.2) is 0 Å². The predicted octanol–water partition coefficient (Wildman–Crippen LogP) is 5.92. The van der Waals surface area contributed by atoms with E-state index in [0.29, 0.717) is 0 Å². The van der Waals surface area contributed by atoms with Crippen molar-refractivity contribution in [1.82, 2.24) is 0 Å². The molecule has 0 atom stereocenters. The average molecular weight is 360 g/mol. The van der Waals surface area contributed by atoms with E-state index < -0.39 is 0 Å². The number of halogens is 1. The van der Waals surface area contributed by atoms with E-state index in [1.807, 2.05) is 54.6 Å². The Morgan fingerprint density at radius 3 is 2.48 bits per heavy atom. The van der Waals surface area contributed by atoms with Crippen LogP contribution in [0.2, 0.25) is 0 Å². The van der Waals surface area contributed by atoms with Crippen LogP contribution in [0.15, 0.2) is 70.5 Å². The predicted molar refractivity (Wildman–Crippen MR) is 92.3 cm³/mol. The summed E-state index contributed by atoms with van der Waals surface area (Å²) in [4.78, 5) is 1.27. The number of nitrogens with one attached hydrogen (secondary N) is 1. The van der Waals surface area contributed by atoms with Crippen molar-refractivity contribution in [2.24, 2.45) is 0 Å². The second-order valence-electron chi connectivity index (χ2n) is 4.46. The Morgan fingerprint density at radius 1 is 0.952 bits per heavy atom. The summed E-state index contributed by atoms with van der Waals surface area (Å²) in [5.74, 6) is 1.67. The van der Waals surface area contributed by atoms with Crippen LogP contribution in [0.4, 0.5) is 5.69 Å². The van der Waals surface area contributed by atoms with Gasteiger partial charge in [0, 0.05) is 9.35 Å². The van der Waals surface area contributed by atoms with Crippen molar-refractivity contribution < 1.29 is 4.74 Å². The number of hydrogen-bond donors (Lipinski definition) is 1.